The number of unbranched alkanes of at least 4 members (excludes halogenated alkanes) is 2. The Morgan fingerprint density at radius 1 is 1.42 bits per heavy atom. The zero-order chi connectivity index (χ0) is 13.8. The number of rotatable bonds is 4. The van der Waals surface area contributed by atoms with Crippen molar-refractivity contribution in [2.45, 2.75) is 45.7 Å². The van der Waals surface area contributed by atoms with Gasteiger partial charge in [0.1, 0.15) is 11.6 Å². The molecule has 0 amide bonds. The SMILES string of the molecule is CCCCCn1c2c(cc(C#N)c1=O)CN(C)CC2. The van der Waals surface area contributed by atoms with Crippen LogP contribution in [0.3, 0.4) is 0 Å². The zero-order valence-electron chi connectivity index (χ0n) is 11.8. The lowest BCUT2D eigenvalue weighted by atomic mass is 10.0. The summed E-state index contributed by atoms with van der Waals surface area (Å²) in [4.78, 5) is 14.5. The van der Waals surface area contributed by atoms with Crippen molar-refractivity contribution in [3.63, 3.8) is 0 Å². The van der Waals surface area contributed by atoms with Gasteiger partial charge in [-0.3, -0.25) is 4.79 Å². The predicted octanol–water partition coefficient (Wildman–Crippen LogP) is 1.90. The minimum Gasteiger partial charge on any atom is -0.311 e. The lowest BCUT2D eigenvalue weighted by molar-refractivity contribution is 0.303. The normalized spacial score (nSPS) is 15.0. The maximum atomic E-state index is 12.3. The first kappa shape index (κ1) is 13.8. The summed E-state index contributed by atoms with van der Waals surface area (Å²) in [5.41, 5.74) is 2.45. The summed E-state index contributed by atoms with van der Waals surface area (Å²) in [6.07, 6.45) is 4.17. The van der Waals surface area contributed by atoms with Crippen LogP contribution in [0.4, 0.5) is 0 Å². The number of nitrogens with zero attached hydrogens (tertiary/aromatic N) is 3. The van der Waals surface area contributed by atoms with Crippen molar-refractivity contribution >= 4 is 0 Å². The van der Waals surface area contributed by atoms with E-state index in [0.29, 0.717) is 0 Å². The molecule has 1 aromatic heterocycles. The number of aromatic nitrogens is 1. The molecule has 0 aliphatic carbocycles. The third kappa shape index (κ3) is 2.87. The Bertz CT molecular complexity index is 554. The van der Waals surface area contributed by atoms with E-state index in [0.717, 1.165) is 56.6 Å². The average molecular weight is 259 g/mol. The molecule has 0 spiro atoms. The summed E-state index contributed by atoms with van der Waals surface area (Å²) < 4.78 is 1.84. The third-order valence-electron chi connectivity index (χ3n) is 3.77. The molecule has 0 atom stereocenters. The quantitative estimate of drug-likeness (QED) is 0.776. The molecule has 4 nitrogen and oxygen atoms in total. The molecule has 0 bridgehead atoms. The topological polar surface area (TPSA) is 49.0 Å². The summed E-state index contributed by atoms with van der Waals surface area (Å²) in [6, 6.07) is 3.82. The van der Waals surface area contributed by atoms with Crippen LogP contribution in [0, 0.1) is 11.3 Å². The van der Waals surface area contributed by atoms with E-state index in [1.807, 2.05) is 10.6 Å². The lowest BCUT2D eigenvalue weighted by Crippen LogP contribution is -2.35. The van der Waals surface area contributed by atoms with E-state index >= 15 is 0 Å². The van der Waals surface area contributed by atoms with Crippen LogP contribution in [-0.4, -0.2) is 23.1 Å². The molecule has 0 fully saturated rings. The highest BCUT2D eigenvalue weighted by Crippen LogP contribution is 2.18. The van der Waals surface area contributed by atoms with Crippen molar-refractivity contribution in [3.05, 3.63) is 33.2 Å². The van der Waals surface area contributed by atoms with Crippen molar-refractivity contribution in [2.24, 2.45) is 0 Å². The van der Waals surface area contributed by atoms with E-state index in [4.69, 9.17) is 5.26 Å². The van der Waals surface area contributed by atoms with Gasteiger partial charge in [-0.2, -0.15) is 5.26 Å². The van der Waals surface area contributed by atoms with Gasteiger partial charge in [0.15, 0.2) is 0 Å². The van der Waals surface area contributed by atoms with Crippen molar-refractivity contribution in [3.8, 4) is 6.07 Å². The van der Waals surface area contributed by atoms with Crippen LogP contribution >= 0.6 is 0 Å². The van der Waals surface area contributed by atoms with E-state index in [1.165, 1.54) is 0 Å². The zero-order valence-corrected chi connectivity index (χ0v) is 11.8. The second-order valence-electron chi connectivity index (χ2n) is 5.29. The van der Waals surface area contributed by atoms with Gasteiger partial charge in [-0.1, -0.05) is 19.8 Å². The standard InChI is InChI=1S/C15H21N3O/c1-3-4-5-7-18-14-6-8-17(2)11-13(14)9-12(10-16)15(18)19/h9H,3-8,11H2,1-2H3. The van der Waals surface area contributed by atoms with E-state index in [9.17, 15) is 4.79 Å². The molecule has 102 valence electrons. The predicted molar refractivity (Wildman–Crippen MR) is 75.0 cm³/mol. The van der Waals surface area contributed by atoms with Gasteiger partial charge >= 0.3 is 0 Å². The fourth-order valence-electron chi connectivity index (χ4n) is 2.70. The van der Waals surface area contributed by atoms with E-state index in [-0.39, 0.29) is 11.1 Å². The van der Waals surface area contributed by atoms with Gasteiger partial charge in [-0.25, -0.2) is 0 Å². The largest absolute Gasteiger partial charge is 0.311 e. The van der Waals surface area contributed by atoms with E-state index < -0.39 is 0 Å². The summed E-state index contributed by atoms with van der Waals surface area (Å²) in [6.45, 7) is 4.71. The first-order valence-electron chi connectivity index (χ1n) is 7.01. The highest BCUT2D eigenvalue weighted by molar-refractivity contribution is 5.35. The van der Waals surface area contributed by atoms with Crippen LogP contribution in [0.25, 0.3) is 0 Å². The van der Waals surface area contributed by atoms with Crippen LogP contribution in [0.2, 0.25) is 0 Å². The van der Waals surface area contributed by atoms with Gasteiger partial charge < -0.3 is 9.47 Å². The van der Waals surface area contributed by atoms with Crippen molar-refractivity contribution < 1.29 is 0 Å². The van der Waals surface area contributed by atoms with Crippen LogP contribution in [0.1, 0.15) is 43.0 Å². The maximum absolute atomic E-state index is 12.3. The summed E-state index contributed by atoms with van der Waals surface area (Å²) in [5, 5.41) is 9.11. The van der Waals surface area contributed by atoms with E-state index in [1.54, 1.807) is 6.07 Å². The lowest BCUT2D eigenvalue weighted by Gasteiger charge is -2.27. The molecule has 0 saturated carbocycles. The summed E-state index contributed by atoms with van der Waals surface area (Å²) >= 11 is 0. The van der Waals surface area contributed by atoms with Crippen molar-refractivity contribution in [1.82, 2.24) is 9.47 Å². The summed E-state index contributed by atoms with van der Waals surface area (Å²) in [5.74, 6) is 0. The van der Waals surface area contributed by atoms with Gasteiger partial charge in [0.05, 0.1) is 0 Å². The van der Waals surface area contributed by atoms with Gasteiger partial charge in [0.25, 0.3) is 5.56 Å². The van der Waals surface area contributed by atoms with Crippen LogP contribution < -0.4 is 5.56 Å². The average Bonchev–Trinajstić information content (AvgIpc) is 2.41. The smallest absolute Gasteiger partial charge is 0.268 e. The van der Waals surface area contributed by atoms with E-state index in [2.05, 4.69) is 18.9 Å². The molecule has 2 heterocycles. The Labute approximate surface area is 114 Å². The molecule has 19 heavy (non-hydrogen) atoms. The first-order valence-corrected chi connectivity index (χ1v) is 7.01. The molecule has 0 aromatic carbocycles. The fraction of sp³-hybridized carbons (Fsp3) is 0.600. The molecule has 1 aliphatic heterocycles. The number of hydrogen-bond acceptors (Lipinski definition) is 3. The molecule has 0 N–H and O–H groups in total. The van der Waals surface area contributed by atoms with Crippen LogP contribution in [-0.2, 0) is 19.5 Å². The van der Waals surface area contributed by atoms with Gasteiger partial charge in [0.2, 0.25) is 0 Å². The number of pyridine rings is 1. The highest BCUT2D eigenvalue weighted by Gasteiger charge is 2.19. The Morgan fingerprint density at radius 2 is 2.21 bits per heavy atom. The second-order valence-corrected chi connectivity index (χ2v) is 5.29. The van der Waals surface area contributed by atoms with Crippen molar-refractivity contribution in [1.29, 1.82) is 5.26 Å². The molecule has 0 unspecified atom stereocenters. The molecule has 0 saturated heterocycles. The number of hydrogen-bond donors (Lipinski definition) is 0. The highest BCUT2D eigenvalue weighted by atomic mass is 16.1. The molecule has 1 aliphatic rings. The number of likely N-dealkylation sites (N-methyl/N-ethyl adjacent to an activating group) is 1. The third-order valence-corrected chi connectivity index (χ3v) is 3.77. The molecule has 4 heteroatoms. The van der Waals surface area contributed by atoms with Crippen LogP contribution in [0.5, 0.6) is 0 Å². The Kier molecular flexibility index (Phi) is 4.39. The van der Waals surface area contributed by atoms with Gasteiger partial charge in [0, 0.05) is 31.7 Å². The number of nitriles is 1. The Morgan fingerprint density at radius 3 is 2.89 bits per heavy atom. The Balaban J connectivity index is 2.41. The minimum atomic E-state index is -0.109. The maximum Gasteiger partial charge on any atom is 0.268 e. The number of fused-ring (bicyclic) bond motifs is 1. The molecule has 1 aromatic rings. The summed E-state index contributed by atoms with van der Waals surface area (Å²) in [7, 11) is 2.07. The van der Waals surface area contributed by atoms with Crippen LogP contribution in [0.15, 0.2) is 10.9 Å². The van der Waals surface area contributed by atoms with Gasteiger partial charge in [-0.05, 0) is 25.1 Å². The van der Waals surface area contributed by atoms with Gasteiger partial charge in [-0.15, -0.1) is 0 Å². The second kappa shape index (κ2) is 6.03. The molecular weight excluding hydrogens is 238 g/mol. The monoisotopic (exact) mass is 259 g/mol. The molecular formula is C15H21N3O. The first-order chi connectivity index (χ1) is 9.17. The molecule has 2 rings (SSSR count). The Hall–Kier alpha value is -1.60. The van der Waals surface area contributed by atoms with Crippen molar-refractivity contribution in [2.75, 3.05) is 13.6 Å². The molecule has 0 radical (unpaired) electrons. The minimum absolute atomic E-state index is 0.109. The fourth-order valence-corrected chi connectivity index (χ4v) is 2.70.